The van der Waals surface area contributed by atoms with Gasteiger partial charge in [-0.2, -0.15) is 0 Å². The Morgan fingerprint density at radius 3 is 2.20 bits per heavy atom. The maximum Gasteiger partial charge on any atom is 0.119 e. The molecule has 0 saturated heterocycles. The van der Waals surface area contributed by atoms with E-state index < -0.39 is 0 Å². The van der Waals surface area contributed by atoms with Gasteiger partial charge in [-0.15, -0.1) is 0 Å². The Bertz CT molecular complexity index is 643. The van der Waals surface area contributed by atoms with Crippen molar-refractivity contribution in [3.63, 3.8) is 0 Å². The average molecular weight is 330 g/mol. The number of hydrogen-bond acceptors (Lipinski definition) is 2. The Morgan fingerprint density at radius 2 is 1.60 bits per heavy atom. The van der Waals surface area contributed by atoms with Crippen LogP contribution >= 0.6 is 34.8 Å². The van der Waals surface area contributed by atoms with E-state index in [2.05, 4.69) is 0 Å². The lowest BCUT2D eigenvalue weighted by Crippen LogP contribution is -1.84. The summed E-state index contributed by atoms with van der Waals surface area (Å²) in [5.41, 5.74) is 1.40. The Balaban J connectivity index is 2.39. The van der Waals surface area contributed by atoms with Gasteiger partial charge < -0.3 is 9.84 Å². The van der Waals surface area contributed by atoms with E-state index in [1.165, 1.54) is 12.1 Å². The molecule has 5 heteroatoms. The molecule has 0 radical (unpaired) electrons. The van der Waals surface area contributed by atoms with Crippen molar-refractivity contribution in [3.8, 4) is 11.5 Å². The predicted octanol–water partition coefficient (Wildman–Crippen LogP) is 5.53. The highest BCUT2D eigenvalue weighted by Crippen LogP contribution is 2.32. The number of methoxy groups -OCH3 is 1. The molecule has 2 nitrogen and oxygen atoms in total. The average Bonchev–Trinajstić information content (AvgIpc) is 2.39. The highest BCUT2D eigenvalue weighted by molar-refractivity contribution is 6.37. The van der Waals surface area contributed by atoms with Gasteiger partial charge >= 0.3 is 0 Å². The molecule has 2 rings (SSSR count). The number of benzene rings is 2. The fraction of sp³-hybridized carbons (Fsp3) is 0.0667. The van der Waals surface area contributed by atoms with Gasteiger partial charge in [-0.25, -0.2) is 0 Å². The van der Waals surface area contributed by atoms with E-state index in [1.807, 2.05) is 0 Å². The molecule has 0 heterocycles. The summed E-state index contributed by atoms with van der Waals surface area (Å²) in [5, 5.41) is 10.7. The molecule has 0 saturated carbocycles. The van der Waals surface area contributed by atoms with Crippen LogP contribution in [-0.4, -0.2) is 12.2 Å². The van der Waals surface area contributed by atoms with Gasteiger partial charge in [-0.05, 0) is 35.9 Å². The van der Waals surface area contributed by atoms with Crippen LogP contribution in [0.2, 0.25) is 15.1 Å². The number of rotatable bonds is 3. The Morgan fingerprint density at radius 1 is 0.950 bits per heavy atom. The third kappa shape index (κ3) is 3.40. The van der Waals surface area contributed by atoms with Crippen molar-refractivity contribution in [1.82, 2.24) is 0 Å². The molecule has 0 atom stereocenters. The number of phenolic OH excluding ortho intramolecular Hbond substituents is 1. The van der Waals surface area contributed by atoms with E-state index in [1.54, 1.807) is 37.5 Å². The van der Waals surface area contributed by atoms with Crippen molar-refractivity contribution in [1.29, 1.82) is 0 Å². The molecule has 0 aromatic heterocycles. The van der Waals surface area contributed by atoms with E-state index >= 15 is 0 Å². The largest absolute Gasteiger partial charge is 0.508 e. The second kappa shape index (κ2) is 6.40. The SMILES string of the molecule is COc1ccc(Cl)c(/C=C\c2c(Cl)cc(O)cc2Cl)c1. The molecule has 2 aromatic rings. The van der Waals surface area contributed by atoms with Crippen molar-refractivity contribution < 1.29 is 9.84 Å². The van der Waals surface area contributed by atoms with E-state index in [-0.39, 0.29) is 5.75 Å². The van der Waals surface area contributed by atoms with Crippen LogP contribution in [-0.2, 0) is 0 Å². The summed E-state index contributed by atoms with van der Waals surface area (Å²) in [6.45, 7) is 0. The molecule has 0 spiro atoms. The van der Waals surface area contributed by atoms with Gasteiger partial charge in [-0.3, -0.25) is 0 Å². The number of hydrogen-bond donors (Lipinski definition) is 1. The van der Waals surface area contributed by atoms with Crippen molar-refractivity contribution in [3.05, 3.63) is 56.5 Å². The molecule has 0 fully saturated rings. The molecule has 20 heavy (non-hydrogen) atoms. The third-order valence-electron chi connectivity index (χ3n) is 2.70. The van der Waals surface area contributed by atoms with Crippen LogP contribution in [0.4, 0.5) is 0 Å². The predicted molar refractivity (Wildman–Crippen MR) is 85.1 cm³/mol. The number of halogens is 3. The zero-order valence-corrected chi connectivity index (χ0v) is 12.8. The first-order valence-electron chi connectivity index (χ1n) is 5.71. The summed E-state index contributed by atoms with van der Waals surface area (Å²) in [4.78, 5) is 0. The van der Waals surface area contributed by atoms with Gasteiger partial charge in [-0.1, -0.05) is 47.0 Å². The lowest BCUT2D eigenvalue weighted by molar-refractivity contribution is 0.414. The van der Waals surface area contributed by atoms with Gasteiger partial charge in [0.05, 0.1) is 17.2 Å². The summed E-state index contributed by atoms with van der Waals surface area (Å²) >= 11 is 18.2. The zero-order chi connectivity index (χ0) is 14.7. The van der Waals surface area contributed by atoms with Crippen LogP contribution in [0.25, 0.3) is 12.2 Å². The van der Waals surface area contributed by atoms with E-state index in [4.69, 9.17) is 39.5 Å². The maximum absolute atomic E-state index is 9.39. The van der Waals surface area contributed by atoms with Gasteiger partial charge in [0.25, 0.3) is 0 Å². The van der Waals surface area contributed by atoms with Gasteiger partial charge in [0.2, 0.25) is 0 Å². The zero-order valence-electron chi connectivity index (χ0n) is 10.5. The van der Waals surface area contributed by atoms with Crippen LogP contribution in [0.15, 0.2) is 30.3 Å². The molecule has 0 unspecified atom stereocenters. The van der Waals surface area contributed by atoms with E-state index in [0.717, 1.165) is 5.56 Å². The highest BCUT2D eigenvalue weighted by Gasteiger charge is 2.06. The molecule has 2 aromatic carbocycles. The second-order valence-corrected chi connectivity index (χ2v) is 5.27. The number of ether oxygens (including phenoxy) is 1. The van der Waals surface area contributed by atoms with Gasteiger partial charge in [0.1, 0.15) is 11.5 Å². The molecule has 1 N–H and O–H groups in total. The smallest absolute Gasteiger partial charge is 0.119 e. The number of aromatic hydroxyl groups is 1. The van der Waals surface area contributed by atoms with Crippen LogP contribution in [0.1, 0.15) is 11.1 Å². The van der Waals surface area contributed by atoms with Crippen molar-refractivity contribution in [2.75, 3.05) is 7.11 Å². The minimum absolute atomic E-state index is 0.0246. The fourth-order valence-electron chi connectivity index (χ4n) is 1.68. The van der Waals surface area contributed by atoms with Gasteiger partial charge in [0.15, 0.2) is 0 Å². The van der Waals surface area contributed by atoms with Gasteiger partial charge in [0, 0.05) is 10.6 Å². The fourth-order valence-corrected chi connectivity index (χ4v) is 2.46. The van der Waals surface area contributed by atoms with Crippen LogP contribution in [0.5, 0.6) is 11.5 Å². The van der Waals surface area contributed by atoms with E-state index in [9.17, 15) is 5.11 Å². The summed E-state index contributed by atoms with van der Waals surface area (Å²) in [7, 11) is 1.59. The maximum atomic E-state index is 9.39. The van der Waals surface area contributed by atoms with Crippen LogP contribution in [0.3, 0.4) is 0 Å². The lowest BCUT2D eigenvalue weighted by atomic mass is 10.1. The quantitative estimate of drug-likeness (QED) is 0.750. The first kappa shape index (κ1) is 15.0. The van der Waals surface area contributed by atoms with Crippen LogP contribution in [0, 0.1) is 0 Å². The standard InChI is InChI=1S/C15H11Cl3O2/c1-20-11-3-5-13(16)9(6-11)2-4-12-14(17)7-10(19)8-15(12)18/h2-8,19H,1H3/b4-2-. The lowest BCUT2D eigenvalue weighted by Gasteiger charge is -2.05. The molecule has 0 amide bonds. The topological polar surface area (TPSA) is 29.5 Å². The molecule has 0 aliphatic rings. The summed E-state index contributed by atoms with van der Waals surface area (Å²) in [6.07, 6.45) is 3.53. The summed E-state index contributed by atoms with van der Waals surface area (Å²) < 4.78 is 5.15. The third-order valence-corrected chi connectivity index (χ3v) is 3.67. The first-order chi connectivity index (χ1) is 9.51. The minimum atomic E-state index is 0.0246. The molecule has 0 aliphatic heterocycles. The Kier molecular flexibility index (Phi) is 4.81. The van der Waals surface area contributed by atoms with Crippen molar-refractivity contribution in [2.24, 2.45) is 0 Å². The summed E-state index contributed by atoms with van der Waals surface area (Å²) in [6, 6.07) is 8.20. The molecular weight excluding hydrogens is 319 g/mol. The molecule has 0 aliphatic carbocycles. The molecule has 104 valence electrons. The first-order valence-corrected chi connectivity index (χ1v) is 6.84. The normalized spacial score (nSPS) is 11.0. The highest BCUT2D eigenvalue weighted by atomic mass is 35.5. The molecule has 0 bridgehead atoms. The van der Waals surface area contributed by atoms with Crippen molar-refractivity contribution in [2.45, 2.75) is 0 Å². The molecular formula is C15H11Cl3O2. The summed E-state index contributed by atoms with van der Waals surface area (Å²) in [5.74, 6) is 0.730. The minimum Gasteiger partial charge on any atom is -0.508 e. The van der Waals surface area contributed by atoms with Crippen molar-refractivity contribution >= 4 is 47.0 Å². The monoisotopic (exact) mass is 328 g/mol. The second-order valence-electron chi connectivity index (χ2n) is 4.04. The van der Waals surface area contributed by atoms with E-state index in [0.29, 0.717) is 26.4 Å². The Hall–Kier alpha value is -1.35. The van der Waals surface area contributed by atoms with Crippen LogP contribution < -0.4 is 4.74 Å². The number of phenols is 1. The Labute approximate surface area is 132 Å².